The number of benzene rings is 1. The molecule has 1 aromatic carbocycles. The maximum absolute atomic E-state index is 5.85. The summed E-state index contributed by atoms with van der Waals surface area (Å²) in [4.78, 5) is 14.0. The average Bonchev–Trinajstić information content (AvgIpc) is 2.57. The molecule has 0 bridgehead atoms. The molecule has 0 spiro atoms. The Bertz CT molecular complexity index is 759. The fourth-order valence-corrected chi connectivity index (χ4v) is 3.27. The third-order valence-corrected chi connectivity index (χ3v) is 4.68. The first-order valence-electron chi connectivity index (χ1n) is 8.60. The van der Waals surface area contributed by atoms with Crippen LogP contribution in [-0.4, -0.2) is 28.3 Å². The van der Waals surface area contributed by atoms with E-state index in [2.05, 4.69) is 9.97 Å². The topological polar surface area (TPSA) is 90.2 Å². The van der Waals surface area contributed by atoms with Crippen LogP contribution in [0.1, 0.15) is 38.3 Å². The summed E-state index contributed by atoms with van der Waals surface area (Å²) in [7, 11) is 0. The molecule has 4 N–H and O–H groups in total. The van der Waals surface area contributed by atoms with Gasteiger partial charge in [0.15, 0.2) is 0 Å². The van der Waals surface area contributed by atoms with Crippen molar-refractivity contribution in [1.82, 2.24) is 9.97 Å². The molecule has 1 aliphatic carbocycles. The van der Waals surface area contributed by atoms with Crippen LogP contribution in [0.2, 0.25) is 0 Å². The molecule has 24 heavy (non-hydrogen) atoms. The Hall–Kier alpha value is -2.27. The maximum Gasteiger partial charge on any atom is 0.0925 e. The van der Waals surface area contributed by atoms with Crippen LogP contribution in [0.25, 0.3) is 16.6 Å². The molecule has 1 aliphatic rings. The first-order valence-corrected chi connectivity index (χ1v) is 8.60. The van der Waals surface area contributed by atoms with E-state index in [1.54, 1.807) is 12.4 Å². The number of hydrogen-bond donors (Lipinski definition) is 2. The molecule has 0 saturated heterocycles. The highest BCUT2D eigenvalue weighted by Crippen LogP contribution is 2.34. The van der Waals surface area contributed by atoms with Crippen molar-refractivity contribution >= 4 is 22.3 Å². The second-order valence-corrected chi connectivity index (χ2v) is 6.46. The van der Waals surface area contributed by atoms with Gasteiger partial charge in [0.25, 0.3) is 0 Å². The minimum Gasteiger partial charge on any atom is -0.404 e. The van der Waals surface area contributed by atoms with E-state index in [0.29, 0.717) is 6.04 Å². The Morgan fingerprint density at radius 2 is 2.04 bits per heavy atom. The molecule has 0 radical (unpaired) electrons. The van der Waals surface area contributed by atoms with Gasteiger partial charge < -0.3 is 11.5 Å². The summed E-state index contributed by atoms with van der Waals surface area (Å²) in [5.74, 6) is 0.779. The molecule has 126 valence electrons. The van der Waals surface area contributed by atoms with Gasteiger partial charge in [-0.1, -0.05) is 12.1 Å². The number of rotatable bonds is 6. The van der Waals surface area contributed by atoms with Crippen LogP contribution < -0.4 is 11.5 Å². The first-order chi connectivity index (χ1) is 11.7. The zero-order chi connectivity index (χ0) is 16.9. The highest BCUT2D eigenvalue weighted by Gasteiger charge is 2.28. The summed E-state index contributed by atoms with van der Waals surface area (Å²) in [6.07, 6.45) is 7.99. The third kappa shape index (κ3) is 3.62. The Labute approximate surface area is 142 Å². The van der Waals surface area contributed by atoms with Crippen molar-refractivity contribution in [1.29, 1.82) is 0 Å². The zero-order valence-electron chi connectivity index (χ0n) is 14.2. The molecule has 5 nitrogen and oxygen atoms in total. The predicted octanol–water partition coefficient (Wildman–Crippen LogP) is 2.91. The highest BCUT2D eigenvalue weighted by atomic mass is 14.8. The van der Waals surface area contributed by atoms with Crippen LogP contribution in [-0.2, 0) is 0 Å². The van der Waals surface area contributed by atoms with Gasteiger partial charge in [0.05, 0.1) is 29.0 Å². The summed E-state index contributed by atoms with van der Waals surface area (Å²) in [6, 6.07) is 8.23. The second-order valence-electron chi connectivity index (χ2n) is 6.46. The first kappa shape index (κ1) is 16.6. The SMILES string of the molecule is CC(=NC1CC(CCCN)C1)C(=CN)c1cnc2ccccc2n1. The summed E-state index contributed by atoms with van der Waals surface area (Å²) in [5.41, 5.74) is 15.7. The largest absolute Gasteiger partial charge is 0.404 e. The van der Waals surface area contributed by atoms with E-state index in [1.807, 2.05) is 31.2 Å². The summed E-state index contributed by atoms with van der Waals surface area (Å²) in [6.45, 7) is 2.78. The summed E-state index contributed by atoms with van der Waals surface area (Å²) < 4.78 is 0. The van der Waals surface area contributed by atoms with Crippen molar-refractivity contribution in [2.75, 3.05) is 6.54 Å². The van der Waals surface area contributed by atoms with E-state index >= 15 is 0 Å². The van der Waals surface area contributed by atoms with E-state index < -0.39 is 0 Å². The molecular weight excluding hydrogens is 298 g/mol. The van der Waals surface area contributed by atoms with Crippen molar-refractivity contribution in [3.63, 3.8) is 0 Å². The fourth-order valence-electron chi connectivity index (χ4n) is 3.27. The van der Waals surface area contributed by atoms with Crippen molar-refractivity contribution < 1.29 is 0 Å². The Morgan fingerprint density at radius 1 is 1.29 bits per heavy atom. The Balaban J connectivity index is 1.72. The maximum atomic E-state index is 5.85. The average molecular weight is 323 g/mol. The van der Waals surface area contributed by atoms with E-state index in [9.17, 15) is 0 Å². The molecule has 1 aromatic heterocycles. The van der Waals surface area contributed by atoms with Gasteiger partial charge in [0.2, 0.25) is 0 Å². The van der Waals surface area contributed by atoms with Crippen LogP contribution in [0.15, 0.2) is 41.7 Å². The number of nitrogens with zero attached hydrogens (tertiary/aromatic N) is 3. The van der Waals surface area contributed by atoms with Crippen molar-refractivity contribution in [3.05, 3.63) is 42.4 Å². The van der Waals surface area contributed by atoms with Gasteiger partial charge in [0, 0.05) is 17.5 Å². The number of hydrogen-bond acceptors (Lipinski definition) is 5. The quantitative estimate of drug-likeness (QED) is 0.800. The molecular formula is C19H25N5. The molecule has 0 aliphatic heterocycles. The van der Waals surface area contributed by atoms with E-state index in [-0.39, 0.29) is 0 Å². The monoisotopic (exact) mass is 323 g/mol. The molecule has 1 heterocycles. The molecule has 0 unspecified atom stereocenters. The minimum atomic E-state index is 0.399. The summed E-state index contributed by atoms with van der Waals surface area (Å²) >= 11 is 0. The number of nitrogens with two attached hydrogens (primary N) is 2. The van der Waals surface area contributed by atoms with Gasteiger partial charge in [-0.15, -0.1) is 0 Å². The lowest BCUT2D eigenvalue weighted by atomic mass is 9.78. The van der Waals surface area contributed by atoms with Crippen LogP contribution in [0.3, 0.4) is 0 Å². The van der Waals surface area contributed by atoms with Crippen molar-refractivity contribution in [2.24, 2.45) is 22.4 Å². The van der Waals surface area contributed by atoms with E-state index in [4.69, 9.17) is 16.5 Å². The van der Waals surface area contributed by atoms with Crippen LogP contribution in [0.4, 0.5) is 0 Å². The number of fused-ring (bicyclic) bond motifs is 1. The molecule has 0 atom stereocenters. The van der Waals surface area contributed by atoms with Gasteiger partial charge in [0.1, 0.15) is 0 Å². The molecule has 3 rings (SSSR count). The second kappa shape index (κ2) is 7.53. The normalized spacial score (nSPS) is 21.8. The number of allylic oxidation sites excluding steroid dienone is 1. The van der Waals surface area contributed by atoms with Crippen molar-refractivity contribution in [3.8, 4) is 0 Å². The molecule has 1 saturated carbocycles. The number of aromatic nitrogens is 2. The zero-order valence-corrected chi connectivity index (χ0v) is 14.2. The van der Waals surface area contributed by atoms with Crippen LogP contribution in [0, 0.1) is 5.92 Å². The van der Waals surface area contributed by atoms with Gasteiger partial charge in [-0.2, -0.15) is 0 Å². The van der Waals surface area contributed by atoms with Gasteiger partial charge in [-0.25, -0.2) is 4.98 Å². The molecule has 5 heteroatoms. The van der Waals surface area contributed by atoms with Gasteiger partial charge in [-0.05, 0) is 57.2 Å². The number of aliphatic imine (C=N–C) groups is 1. The fraction of sp³-hybridized carbons (Fsp3) is 0.421. The Kier molecular flexibility index (Phi) is 5.20. The summed E-state index contributed by atoms with van der Waals surface area (Å²) in [5, 5.41) is 0. The van der Waals surface area contributed by atoms with E-state index in [1.165, 1.54) is 6.42 Å². The lowest BCUT2D eigenvalue weighted by Crippen LogP contribution is -2.28. The van der Waals surface area contributed by atoms with Crippen LogP contribution in [0.5, 0.6) is 0 Å². The van der Waals surface area contributed by atoms with Crippen molar-refractivity contribution in [2.45, 2.75) is 38.6 Å². The Morgan fingerprint density at radius 3 is 2.75 bits per heavy atom. The lowest BCUT2D eigenvalue weighted by molar-refractivity contribution is 0.248. The highest BCUT2D eigenvalue weighted by molar-refractivity contribution is 6.22. The smallest absolute Gasteiger partial charge is 0.0925 e. The lowest BCUT2D eigenvalue weighted by Gasteiger charge is -2.33. The molecule has 2 aromatic rings. The molecule has 1 fully saturated rings. The van der Waals surface area contributed by atoms with Gasteiger partial charge >= 0.3 is 0 Å². The minimum absolute atomic E-state index is 0.399. The van der Waals surface area contributed by atoms with E-state index in [0.717, 1.165) is 59.7 Å². The standard InChI is InChI=1S/C19H25N5/c1-13(23-15-9-14(10-15)5-4-8-20)16(11-21)19-12-22-17-6-2-3-7-18(17)24-19/h2-3,6-7,11-12,14-15H,4-5,8-10,20-21H2,1H3. The third-order valence-electron chi connectivity index (χ3n) is 4.68. The molecule has 0 amide bonds. The van der Waals surface area contributed by atoms with Crippen LogP contribution >= 0.6 is 0 Å². The number of para-hydroxylation sites is 2. The predicted molar refractivity (Wildman–Crippen MR) is 99.6 cm³/mol. The van der Waals surface area contributed by atoms with Gasteiger partial charge in [-0.3, -0.25) is 9.98 Å².